The third kappa shape index (κ3) is 3.03. The molecule has 3 nitrogen and oxygen atoms in total. The Kier molecular flexibility index (Phi) is 5.17. The summed E-state index contributed by atoms with van der Waals surface area (Å²) < 4.78 is 5.42. The predicted molar refractivity (Wildman–Crippen MR) is 75.3 cm³/mol. The maximum Gasteiger partial charge on any atom is 0.124 e. The Labute approximate surface area is 110 Å². The Morgan fingerprint density at radius 1 is 1.22 bits per heavy atom. The normalized spacial score (nSPS) is 12.9. The summed E-state index contributed by atoms with van der Waals surface area (Å²) in [4.78, 5) is 0. The third-order valence-corrected chi connectivity index (χ3v) is 3.36. The molecule has 0 aromatic heterocycles. The highest BCUT2D eigenvalue weighted by Crippen LogP contribution is 2.31. The van der Waals surface area contributed by atoms with Gasteiger partial charge in [0.2, 0.25) is 0 Å². The second kappa shape index (κ2) is 6.21. The summed E-state index contributed by atoms with van der Waals surface area (Å²) in [5.41, 5.74) is 4.60. The average molecular weight is 251 g/mol. The molecule has 0 radical (unpaired) electrons. The Morgan fingerprint density at radius 3 is 2.28 bits per heavy atom. The van der Waals surface area contributed by atoms with E-state index in [0.717, 1.165) is 22.4 Å². The number of ether oxygens (including phenoxy) is 1. The van der Waals surface area contributed by atoms with Crippen LogP contribution in [-0.4, -0.2) is 24.9 Å². The summed E-state index contributed by atoms with van der Waals surface area (Å²) in [6, 6.07) is 2.43. The molecular formula is C15H25NO2. The van der Waals surface area contributed by atoms with E-state index in [0.29, 0.717) is 6.04 Å². The Balaban J connectivity index is 3.24. The number of rotatable bonds is 5. The first-order valence-electron chi connectivity index (χ1n) is 6.43. The van der Waals surface area contributed by atoms with Gasteiger partial charge < -0.3 is 15.2 Å². The molecule has 1 rings (SSSR count). The summed E-state index contributed by atoms with van der Waals surface area (Å²) in [6.45, 7) is 10.5. The molecule has 18 heavy (non-hydrogen) atoms. The first kappa shape index (κ1) is 15.0. The van der Waals surface area contributed by atoms with Crippen LogP contribution in [-0.2, 0) is 0 Å². The minimum atomic E-state index is -0.0201. The molecule has 0 aliphatic heterocycles. The van der Waals surface area contributed by atoms with Crippen LogP contribution in [0.5, 0.6) is 5.75 Å². The van der Waals surface area contributed by atoms with Gasteiger partial charge in [-0.3, -0.25) is 0 Å². The molecular weight excluding hydrogens is 226 g/mol. The van der Waals surface area contributed by atoms with Gasteiger partial charge in [0.05, 0.1) is 19.8 Å². The van der Waals surface area contributed by atoms with Gasteiger partial charge in [-0.1, -0.05) is 19.9 Å². The molecule has 0 amide bonds. The van der Waals surface area contributed by atoms with E-state index in [-0.39, 0.29) is 12.6 Å². The minimum Gasteiger partial charge on any atom is -0.496 e. The highest BCUT2D eigenvalue weighted by Gasteiger charge is 2.18. The molecule has 0 spiro atoms. The zero-order chi connectivity index (χ0) is 13.9. The lowest BCUT2D eigenvalue weighted by atomic mass is 9.94. The van der Waals surface area contributed by atoms with Gasteiger partial charge in [0.25, 0.3) is 0 Å². The van der Waals surface area contributed by atoms with Crippen molar-refractivity contribution in [2.75, 3.05) is 13.7 Å². The lowest BCUT2D eigenvalue weighted by Gasteiger charge is -2.24. The smallest absolute Gasteiger partial charge is 0.124 e. The van der Waals surface area contributed by atoms with Crippen LogP contribution in [0.4, 0.5) is 0 Å². The second-order valence-electron chi connectivity index (χ2n) is 5.12. The number of nitrogens with one attached hydrogen (secondary N) is 1. The molecule has 0 aliphatic rings. The molecule has 1 unspecified atom stereocenters. The molecule has 2 N–H and O–H groups in total. The Bertz CT molecular complexity index is 413. The van der Waals surface area contributed by atoms with E-state index >= 15 is 0 Å². The van der Waals surface area contributed by atoms with Crippen LogP contribution >= 0.6 is 0 Å². The fraction of sp³-hybridized carbons (Fsp3) is 0.600. The van der Waals surface area contributed by atoms with Crippen LogP contribution in [0.25, 0.3) is 0 Å². The monoisotopic (exact) mass is 251 g/mol. The summed E-state index contributed by atoms with van der Waals surface area (Å²) in [6.07, 6.45) is 0. The first-order valence-corrected chi connectivity index (χ1v) is 6.43. The third-order valence-electron chi connectivity index (χ3n) is 3.36. The molecule has 0 saturated carbocycles. The molecule has 0 fully saturated rings. The highest BCUT2D eigenvalue weighted by atomic mass is 16.5. The van der Waals surface area contributed by atoms with Gasteiger partial charge >= 0.3 is 0 Å². The largest absolute Gasteiger partial charge is 0.496 e. The number of aliphatic hydroxyl groups is 1. The van der Waals surface area contributed by atoms with Crippen molar-refractivity contribution in [1.82, 2.24) is 5.32 Å². The van der Waals surface area contributed by atoms with Gasteiger partial charge in [0.1, 0.15) is 5.75 Å². The summed E-state index contributed by atoms with van der Waals surface area (Å²) >= 11 is 0. The maximum atomic E-state index is 9.57. The molecule has 0 saturated heterocycles. The number of hydrogen-bond donors (Lipinski definition) is 2. The van der Waals surface area contributed by atoms with Crippen molar-refractivity contribution in [3.05, 3.63) is 28.3 Å². The Hall–Kier alpha value is -1.06. The van der Waals surface area contributed by atoms with Crippen molar-refractivity contribution in [1.29, 1.82) is 0 Å². The molecule has 102 valence electrons. The second-order valence-corrected chi connectivity index (χ2v) is 5.12. The zero-order valence-electron chi connectivity index (χ0n) is 12.3. The molecule has 1 atom stereocenters. The first-order chi connectivity index (χ1) is 8.42. The quantitative estimate of drug-likeness (QED) is 0.845. The van der Waals surface area contributed by atoms with E-state index in [1.54, 1.807) is 7.11 Å². The fourth-order valence-electron chi connectivity index (χ4n) is 2.41. The van der Waals surface area contributed by atoms with E-state index in [1.807, 2.05) is 6.92 Å². The predicted octanol–water partition coefficient (Wildman–Crippen LogP) is 2.65. The number of methoxy groups -OCH3 is 1. The lowest BCUT2D eigenvalue weighted by Crippen LogP contribution is -2.31. The van der Waals surface area contributed by atoms with Crippen LogP contribution in [0.3, 0.4) is 0 Å². The van der Waals surface area contributed by atoms with E-state index in [2.05, 4.69) is 39.1 Å². The van der Waals surface area contributed by atoms with Gasteiger partial charge in [-0.2, -0.15) is 0 Å². The number of aryl methyl sites for hydroxylation is 1. The van der Waals surface area contributed by atoms with Gasteiger partial charge in [-0.15, -0.1) is 0 Å². The molecule has 1 aromatic rings. The van der Waals surface area contributed by atoms with Gasteiger partial charge in [0.15, 0.2) is 0 Å². The highest BCUT2D eigenvalue weighted by molar-refractivity contribution is 5.50. The van der Waals surface area contributed by atoms with E-state index < -0.39 is 0 Å². The molecule has 0 bridgehead atoms. The fourth-order valence-corrected chi connectivity index (χ4v) is 2.41. The lowest BCUT2D eigenvalue weighted by molar-refractivity contribution is 0.236. The Morgan fingerprint density at radius 2 is 1.83 bits per heavy atom. The van der Waals surface area contributed by atoms with Crippen LogP contribution in [0.15, 0.2) is 6.07 Å². The van der Waals surface area contributed by atoms with Crippen LogP contribution in [0.1, 0.15) is 42.1 Å². The topological polar surface area (TPSA) is 41.5 Å². The van der Waals surface area contributed by atoms with Gasteiger partial charge in [-0.25, -0.2) is 0 Å². The minimum absolute atomic E-state index is 0.0201. The van der Waals surface area contributed by atoms with E-state index in [1.165, 1.54) is 5.56 Å². The summed E-state index contributed by atoms with van der Waals surface area (Å²) in [5, 5.41) is 13.0. The molecule has 0 heterocycles. The van der Waals surface area contributed by atoms with Crippen molar-refractivity contribution in [2.45, 2.75) is 46.7 Å². The van der Waals surface area contributed by atoms with Gasteiger partial charge in [0, 0.05) is 6.04 Å². The molecule has 3 heteroatoms. The zero-order valence-corrected chi connectivity index (χ0v) is 12.3. The van der Waals surface area contributed by atoms with Gasteiger partial charge in [-0.05, 0) is 43.0 Å². The number of hydrogen-bond acceptors (Lipinski definition) is 3. The van der Waals surface area contributed by atoms with Crippen molar-refractivity contribution in [2.24, 2.45) is 0 Å². The summed E-state index contributed by atoms with van der Waals surface area (Å²) in [5.74, 6) is 0.942. The summed E-state index contributed by atoms with van der Waals surface area (Å²) in [7, 11) is 1.70. The van der Waals surface area contributed by atoms with Crippen molar-refractivity contribution in [3.8, 4) is 5.75 Å². The van der Waals surface area contributed by atoms with Crippen molar-refractivity contribution < 1.29 is 9.84 Å². The van der Waals surface area contributed by atoms with Crippen molar-refractivity contribution >= 4 is 0 Å². The van der Waals surface area contributed by atoms with Crippen molar-refractivity contribution in [3.63, 3.8) is 0 Å². The number of aliphatic hydroxyl groups excluding tert-OH is 1. The SMILES string of the molecule is COc1c(C)cc(C(CO)NC(C)C)c(C)c1C. The molecule has 1 aromatic carbocycles. The van der Waals surface area contributed by atoms with E-state index in [4.69, 9.17) is 4.74 Å². The standard InChI is InChI=1S/C15H25NO2/c1-9(2)16-14(8-17)13-7-10(3)15(18-6)12(5)11(13)4/h7,9,14,16-17H,8H2,1-6H3. The maximum absolute atomic E-state index is 9.57. The van der Waals surface area contributed by atoms with E-state index in [9.17, 15) is 5.11 Å². The van der Waals surface area contributed by atoms with Crippen LogP contribution in [0, 0.1) is 20.8 Å². The molecule has 0 aliphatic carbocycles. The van der Waals surface area contributed by atoms with Crippen LogP contribution < -0.4 is 10.1 Å². The average Bonchev–Trinajstić information content (AvgIpc) is 2.31. The van der Waals surface area contributed by atoms with Crippen LogP contribution in [0.2, 0.25) is 0 Å². The number of benzene rings is 1.